The first kappa shape index (κ1) is 14.0. The monoisotopic (exact) mass is 342 g/mol. The summed E-state index contributed by atoms with van der Waals surface area (Å²) in [5, 5.41) is 2.92. The quantitative estimate of drug-likeness (QED) is 0.831. The molecule has 0 unspecified atom stereocenters. The number of anilines is 1. The Morgan fingerprint density at radius 2 is 2.11 bits per heavy atom. The molecule has 2 rings (SSSR count). The maximum Gasteiger partial charge on any atom is 0.255 e. The number of hydrogen-bond acceptors (Lipinski definition) is 2. The lowest BCUT2D eigenvalue weighted by Gasteiger charge is -2.08. The number of halogens is 3. The van der Waals surface area contributed by atoms with E-state index in [0.717, 1.165) is 0 Å². The van der Waals surface area contributed by atoms with E-state index in [1.165, 1.54) is 24.3 Å². The topological polar surface area (TPSA) is 42.0 Å². The number of carbonyl (C=O) groups is 1. The van der Waals surface area contributed by atoms with Crippen molar-refractivity contribution in [2.45, 2.75) is 6.92 Å². The zero-order chi connectivity index (χ0) is 14.0. The Morgan fingerprint density at radius 1 is 1.37 bits per heavy atom. The summed E-state index contributed by atoms with van der Waals surface area (Å²) in [5.41, 5.74) is 1.53. The summed E-state index contributed by atoms with van der Waals surface area (Å²) in [6.45, 7) is 1.75. The average molecular weight is 344 g/mol. The van der Waals surface area contributed by atoms with E-state index in [1.54, 1.807) is 13.0 Å². The van der Waals surface area contributed by atoms with Crippen LogP contribution in [0.5, 0.6) is 0 Å². The van der Waals surface area contributed by atoms with Gasteiger partial charge in [-0.15, -0.1) is 0 Å². The molecule has 0 atom stereocenters. The minimum Gasteiger partial charge on any atom is -0.321 e. The van der Waals surface area contributed by atoms with Crippen molar-refractivity contribution < 1.29 is 9.18 Å². The highest BCUT2D eigenvalue weighted by molar-refractivity contribution is 9.10. The SMILES string of the molecule is Cc1cc(C(=O)Nc2ccc(F)cc2Br)cc(Cl)n1. The Kier molecular flexibility index (Phi) is 4.17. The molecule has 1 amide bonds. The van der Waals surface area contributed by atoms with Crippen molar-refractivity contribution >= 4 is 39.1 Å². The molecule has 19 heavy (non-hydrogen) atoms. The van der Waals surface area contributed by atoms with E-state index in [0.29, 0.717) is 21.4 Å². The molecular formula is C13H9BrClFN2O. The Labute approximate surface area is 122 Å². The first-order valence-corrected chi connectivity index (χ1v) is 6.53. The minimum absolute atomic E-state index is 0.253. The molecule has 0 radical (unpaired) electrons. The van der Waals surface area contributed by atoms with Crippen LogP contribution in [0.3, 0.4) is 0 Å². The van der Waals surface area contributed by atoms with Gasteiger partial charge < -0.3 is 5.32 Å². The van der Waals surface area contributed by atoms with Gasteiger partial charge >= 0.3 is 0 Å². The van der Waals surface area contributed by atoms with Crippen LogP contribution in [0.15, 0.2) is 34.8 Å². The molecule has 2 aromatic rings. The molecule has 0 saturated heterocycles. The highest BCUT2D eigenvalue weighted by atomic mass is 79.9. The summed E-state index contributed by atoms with van der Waals surface area (Å²) in [6.07, 6.45) is 0. The molecule has 1 heterocycles. The number of aromatic nitrogens is 1. The number of aryl methyl sites for hydroxylation is 1. The van der Waals surface area contributed by atoms with Crippen LogP contribution in [0.1, 0.15) is 16.1 Å². The summed E-state index contributed by atoms with van der Waals surface area (Å²) in [4.78, 5) is 16.0. The van der Waals surface area contributed by atoms with Gasteiger partial charge in [-0.3, -0.25) is 4.79 Å². The van der Waals surface area contributed by atoms with Crippen LogP contribution in [-0.2, 0) is 0 Å². The van der Waals surface area contributed by atoms with Crippen molar-refractivity contribution in [3.8, 4) is 0 Å². The van der Waals surface area contributed by atoms with Crippen LogP contribution in [0.25, 0.3) is 0 Å². The third-order valence-corrected chi connectivity index (χ3v) is 3.21. The Morgan fingerprint density at radius 3 is 2.74 bits per heavy atom. The van der Waals surface area contributed by atoms with Crippen molar-refractivity contribution in [1.82, 2.24) is 4.98 Å². The highest BCUT2D eigenvalue weighted by Gasteiger charge is 2.10. The Balaban J connectivity index is 2.25. The maximum absolute atomic E-state index is 12.9. The maximum atomic E-state index is 12.9. The van der Waals surface area contributed by atoms with Gasteiger partial charge in [-0.25, -0.2) is 9.37 Å². The number of nitrogens with zero attached hydrogens (tertiary/aromatic N) is 1. The molecule has 1 aromatic carbocycles. The Hall–Kier alpha value is -1.46. The summed E-state index contributed by atoms with van der Waals surface area (Å²) < 4.78 is 13.4. The van der Waals surface area contributed by atoms with E-state index in [1.807, 2.05) is 0 Å². The standard InChI is InChI=1S/C13H9BrClFN2O/c1-7-4-8(5-12(15)17-7)13(19)18-11-3-2-9(16)6-10(11)14/h2-6H,1H3,(H,18,19). The van der Waals surface area contributed by atoms with E-state index in [-0.39, 0.29) is 16.9 Å². The van der Waals surface area contributed by atoms with E-state index in [2.05, 4.69) is 26.2 Å². The summed E-state index contributed by atoms with van der Waals surface area (Å²) in [7, 11) is 0. The number of amides is 1. The van der Waals surface area contributed by atoms with Crippen LogP contribution < -0.4 is 5.32 Å². The van der Waals surface area contributed by atoms with Gasteiger partial charge in [-0.1, -0.05) is 11.6 Å². The molecule has 98 valence electrons. The second-order valence-electron chi connectivity index (χ2n) is 3.90. The molecule has 1 N–H and O–H groups in total. The number of rotatable bonds is 2. The molecule has 1 aromatic heterocycles. The minimum atomic E-state index is -0.382. The van der Waals surface area contributed by atoms with Crippen LogP contribution >= 0.6 is 27.5 Å². The second kappa shape index (κ2) is 5.67. The van der Waals surface area contributed by atoms with Crippen LogP contribution in [-0.4, -0.2) is 10.9 Å². The van der Waals surface area contributed by atoms with Gasteiger partial charge in [0.05, 0.1) is 5.69 Å². The third kappa shape index (κ3) is 3.52. The van der Waals surface area contributed by atoms with Gasteiger partial charge in [0.1, 0.15) is 11.0 Å². The molecule has 0 aliphatic heterocycles. The molecule has 0 saturated carbocycles. The lowest BCUT2D eigenvalue weighted by Crippen LogP contribution is -2.13. The zero-order valence-corrected chi connectivity index (χ0v) is 12.2. The molecule has 0 bridgehead atoms. The van der Waals surface area contributed by atoms with Crippen LogP contribution in [0.2, 0.25) is 5.15 Å². The predicted octanol–water partition coefficient (Wildman–Crippen LogP) is 4.20. The second-order valence-corrected chi connectivity index (χ2v) is 5.14. The van der Waals surface area contributed by atoms with Crippen molar-refractivity contribution in [3.63, 3.8) is 0 Å². The summed E-state index contributed by atoms with van der Waals surface area (Å²) in [5.74, 6) is -0.715. The molecular weight excluding hydrogens is 335 g/mol. The van der Waals surface area contributed by atoms with E-state index in [4.69, 9.17) is 11.6 Å². The number of pyridine rings is 1. The van der Waals surface area contributed by atoms with Crippen LogP contribution in [0.4, 0.5) is 10.1 Å². The smallest absolute Gasteiger partial charge is 0.255 e. The van der Waals surface area contributed by atoms with Crippen molar-refractivity contribution in [3.05, 3.63) is 57.0 Å². The lowest BCUT2D eigenvalue weighted by atomic mass is 10.2. The normalized spacial score (nSPS) is 10.3. The molecule has 3 nitrogen and oxygen atoms in total. The highest BCUT2D eigenvalue weighted by Crippen LogP contribution is 2.24. The largest absolute Gasteiger partial charge is 0.321 e. The number of carbonyl (C=O) groups excluding carboxylic acids is 1. The van der Waals surface area contributed by atoms with E-state index in [9.17, 15) is 9.18 Å². The fourth-order valence-corrected chi connectivity index (χ4v) is 2.25. The zero-order valence-electron chi connectivity index (χ0n) is 9.88. The van der Waals surface area contributed by atoms with Gasteiger partial charge in [0.2, 0.25) is 0 Å². The molecule has 0 spiro atoms. The predicted molar refractivity (Wildman–Crippen MR) is 76.0 cm³/mol. The fourth-order valence-electron chi connectivity index (χ4n) is 1.54. The number of nitrogens with one attached hydrogen (secondary N) is 1. The molecule has 0 fully saturated rings. The Bertz CT molecular complexity index is 628. The van der Waals surface area contributed by atoms with Crippen LogP contribution in [0, 0.1) is 12.7 Å². The lowest BCUT2D eigenvalue weighted by molar-refractivity contribution is 0.102. The molecule has 0 aliphatic rings. The van der Waals surface area contributed by atoms with Gasteiger partial charge in [0.25, 0.3) is 5.91 Å². The van der Waals surface area contributed by atoms with Crippen molar-refractivity contribution in [2.24, 2.45) is 0 Å². The third-order valence-electron chi connectivity index (χ3n) is 2.36. The summed E-state index contributed by atoms with van der Waals surface area (Å²) in [6, 6.07) is 7.12. The van der Waals surface area contributed by atoms with Gasteiger partial charge in [-0.05, 0) is 53.2 Å². The number of benzene rings is 1. The number of hydrogen-bond donors (Lipinski definition) is 1. The molecule has 6 heteroatoms. The average Bonchev–Trinajstić information content (AvgIpc) is 2.31. The first-order chi connectivity index (χ1) is 8.95. The first-order valence-electron chi connectivity index (χ1n) is 5.36. The van der Waals surface area contributed by atoms with Crippen molar-refractivity contribution in [1.29, 1.82) is 0 Å². The van der Waals surface area contributed by atoms with E-state index >= 15 is 0 Å². The summed E-state index contributed by atoms with van der Waals surface area (Å²) >= 11 is 8.98. The van der Waals surface area contributed by atoms with E-state index < -0.39 is 0 Å². The van der Waals surface area contributed by atoms with Gasteiger partial charge in [0.15, 0.2) is 0 Å². The molecule has 0 aliphatic carbocycles. The fraction of sp³-hybridized carbons (Fsp3) is 0.0769. The van der Waals surface area contributed by atoms with Crippen molar-refractivity contribution in [2.75, 3.05) is 5.32 Å². The van der Waals surface area contributed by atoms with Gasteiger partial charge in [0, 0.05) is 15.7 Å². The van der Waals surface area contributed by atoms with Gasteiger partial charge in [-0.2, -0.15) is 0 Å².